The molecule has 0 atom stereocenters. The first-order valence-corrected chi connectivity index (χ1v) is 8.82. The van der Waals surface area contributed by atoms with Crippen LogP contribution in [-0.4, -0.2) is 22.1 Å². The molecule has 3 N–H and O–H groups in total. The van der Waals surface area contributed by atoms with Crippen LogP contribution in [0.3, 0.4) is 0 Å². The Labute approximate surface area is 128 Å². The van der Waals surface area contributed by atoms with E-state index in [0.29, 0.717) is 17.8 Å². The molecule has 0 fully saturated rings. The Morgan fingerprint density at radius 1 is 1.24 bits per heavy atom. The fourth-order valence-electron chi connectivity index (χ4n) is 1.92. The molecule has 0 spiro atoms. The Morgan fingerprint density at radius 3 is 2.57 bits per heavy atom. The van der Waals surface area contributed by atoms with Gasteiger partial charge in [0.25, 0.3) is 0 Å². The predicted molar refractivity (Wildman–Crippen MR) is 84.1 cm³/mol. The van der Waals surface area contributed by atoms with E-state index in [1.165, 1.54) is 11.3 Å². The van der Waals surface area contributed by atoms with Crippen molar-refractivity contribution in [1.82, 2.24) is 4.72 Å². The Bertz CT molecular complexity index is 678. The molecule has 0 aliphatic carbocycles. The van der Waals surface area contributed by atoms with E-state index in [4.69, 9.17) is 10.5 Å². The summed E-state index contributed by atoms with van der Waals surface area (Å²) in [6, 6.07) is 9.14. The topological polar surface area (TPSA) is 81.4 Å². The van der Waals surface area contributed by atoms with E-state index in [1.54, 1.807) is 18.6 Å². The van der Waals surface area contributed by atoms with Gasteiger partial charge in [-0.2, -0.15) is 0 Å². The van der Waals surface area contributed by atoms with E-state index < -0.39 is 10.0 Å². The average Bonchev–Trinajstić information content (AvgIpc) is 2.97. The van der Waals surface area contributed by atoms with Crippen molar-refractivity contribution in [2.45, 2.75) is 17.9 Å². The number of thiophene rings is 1. The molecular formula is C14H18N2O3S2. The van der Waals surface area contributed by atoms with E-state index in [-0.39, 0.29) is 11.4 Å². The first-order chi connectivity index (χ1) is 10.1. The van der Waals surface area contributed by atoms with Gasteiger partial charge in [-0.15, -0.1) is 11.3 Å². The zero-order valence-electron chi connectivity index (χ0n) is 11.7. The van der Waals surface area contributed by atoms with Gasteiger partial charge in [0, 0.05) is 18.0 Å². The molecule has 1 aromatic heterocycles. The van der Waals surface area contributed by atoms with E-state index in [2.05, 4.69) is 4.72 Å². The van der Waals surface area contributed by atoms with Crippen LogP contribution in [0.4, 0.5) is 0 Å². The third-order valence-electron chi connectivity index (χ3n) is 3.04. The largest absolute Gasteiger partial charge is 0.497 e. The molecule has 21 heavy (non-hydrogen) atoms. The average molecular weight is 326 g/mol. The fourth-order valence-corrected chi connectivity index (χ4v) is 4.28. The van der Waals surface area contributed by atoms with Crippen molar-refractivity contribution < 1.29 is 13.2 Å². The maximum absolute atomic E-state index is 12.2. The van der Waals surface area contributed by atoms with Crippen molar-refractivity contribution in [1.29, 1.82) is 0 Å². The Balaban J connectivity index is 1.95. The van der Waals surface area contributed by atoms with Gasteiger partial charge in [-0.1, -0.05) is 12.1 Å². The maximum Gasteiger partial charge on any atom is 0.241 e. The van der Waals surface area contributed by atoms with Crippen molar-refractivity contribution in [3.05, 3.63) is 46.2 Å². The molecule has 0 unspecified atom stereocenters. The van der Waals surface area contributed by atoms with Gasteiger partial charge < -0.3 is 10.5 Å². The molecule has 0 aliphatic heterocycles. The molecule has 1 aromatic carbocycles. The minimum atomic E-state index is -3.49. The lowest BCUT2D eigenvalue weighted by Gasteiger charge is -2.07. The zero-order chi connectivity index (χ0) is 15.3. The van der Waals surface area contributed by atoms with Crippen LogP contribution in [0.2, 0.25) is 0 Å². The molecular weight excluding hydrogens is 308 g/mol. The molecule has 0 saturated carbocycles. The minimum Gasteiger partial charge on any atom is -0.497 e. The van der Waals surface area contributed by atoms with Crippen molar-refractivity contribution in [3.8, 4) is 5.75 Å². The van der Waals surface area contributed by atoms with E-state index in [1.807, 2.05) is 24.3 Å². The highest BCUT2D eigenvalue weighted by Crippen LogP contribution is 2.21. The van der Waals surface area contributed by atoms with Gasteiger partial charge in [0.15, 0.2) is 0 Å². The predicted octanol–water partition coefficient (Wildman–Crippen LogP) is 1.74. The molecule has 114 valence electrons. The summed E-state index contributed by atoms with van der Waals surface area (Å²) in [6.45, 7) is 0.570. The van der Waals surface area contributed by atoms with Gasteiger partial charge in [-0.25, -0.2) is 13.1 Å². The molecule has 2 aromatic rings. The van der Waals surface area contributed by atoms with E-state index >= 15 is 0 Å². The third kappa shape index (κ3) is 4.04. The van der Waals surface area contributed by atoms with Crippen molar-refractivity contribution in [2.24, 2.45) is 5.73 Å². The molecule has 0 saturated heterocycles. The molecule has 1 heterocycles. The Morgan fingerprint density at radius 2 is 1.95 bits per heavy atom. The standard InChI is InChI=1S/C14H18N2O3S2/c1-19-12-4-2-11(3-5-12)6-8-16-21(17,18)14-7-9-20-13(14)10-15/h2-5,7,9,16H,6,8,10,15H2,1H3. The van der Waals surface area contributed by atoms with Crippen molar-refractivity contribution in [2.75, 3.05) is 13.7 Å². The van der Waals surface area contributed by atoms with E-state index in [0.717, 1.165) is 11.3 Å². The number of nitrogens with one attached hydrogen (secondary N) is 1. The monoisotopic (exact) mass is 326 g/mol. The fraction of sp³-hybridized carbons (Fsp3) is 0.286. The first kappa shape index (κ1) is 16.0. The minimum absolute atomic E-state index is 0.229. The maximum atomic E-state index is 12.2. The van der Waals surface area contributed by atoms with Crippen LogP contribution >= 0.6 is 11.3 Å². The van der Waals surface area contributed by atoms with Crippen molar-refractivity contribution in [3.63, 3.8) is 0 Å². The van der Waals surface area contributed by atoms with Gasteiger partial charge in [0.05, 0.1) is 12.0 Å². The van der Waals surface area contributed by atoms with Crippen LogP contribution in [0, 0.1) is 0 Å². The van der Waals surface area contributed by atoms with E-state index in [9.17, 15) is 8.42 Å². The second kappa shape index (κ2) is 7.04. The van der Waals surface area contributed by atoms with Crippen LogP contribution < -0.4 is 15.2 Å². The smallest absolute Gasteiger partial charge is 0.241 e. The molecule has 5 nitrogen and oxygen atoms in total. The second-order valence-corrected chi connectivity index (χ2v) is 7.14. The number of rotatable bonds is 7. The lowest BCUT2D eigenvalue weighted by atomic mass is 10.1. The molecule has 0 bridgehead atoms. The number of benzene rings is 1. The summed E-state index contributed by atoms with van der Waals surface area (Å²) in [7, 11) is -1.88. The number of hydrogen-bond acceptors (Lipinski definition) is 5. The number of methoxy groups -OCH3 is 1. The summed E-state index contributed by atoms with van der Waals surface area (Å²) in [4.78, 5) is 0.955. The Hall–Kier alpha value is -1.41. The summed E-state index contributed by atoms with van der Waals surface area (Å²) in [6.07, 6.45) is 0.616. The number of ether oxygens (including phenoxy) is 1. The highest BCUT2D eigenvalue weighted by molar-refractivity contribution is 7.89. The molecule has 0 aliphatic rings. The van der Waals surface area contributed by atoms with Gasteiger partial charge in [-0.3, -0.25) is 0 Å². The highest BCUT2D eigenvalue weighted by atomic mass is 32.2. The lowest BCUT2D eigenvalue weighted by Crippen LogP contribution is -2.26. The zero-order valence-corrected chi connectivity index (χ0v) is 13.3. The molecule has 0 amide bonds. The lowest BCUT2D eigenvalue weighted by molar-refractivity contribution is 0.414. The normalized spacial score (nSPS) is 11.5. The second-order valence-electron chi connectivity index (χ2n) is 4.41. The van der Waals surface area contributed by atoms with Crippen LogP contribution in [0.15, 0.2) is 40.6 Å². The number of nitrogens with two attached hydrogens (primary N) is 1. The van der Waals surface area contributed by atoms with Crippen LogP contribution in [0.1, 0.15) is 10.4 Å². The van der Waals surface area contributed by atoms with Crippen molar-refractivity contribution >= 4 is 21.4 Å². The van der Waals surface area contributed by atoms with Gasteiger partial charge in [0.1, 0.15) is 5.75 Å². The van der Waals surface area contributed by atoms with Crippen LogP contribution in [-0.2, 0) is 23.0 Å². The van der Waals surface area contributed by atoms with Gasteiger partial charge in [-0.05, 0) is 35.6 Å². The summed E-state index contributed by atoms with van der Waals surface area (Å²) in [5.41, 5.74) is 6.59. The summed E-state index contributed by atoms with van der Waals surface area (Å²) < 4.78 is 32.1. The van der Waals surface area contributed by atoms with Gasteiger partial charge >= 0.3 is 0 Å². The summed E-state index contributed by atoms with van der Waals surface area (Å²) in [5.74, 6) is 0.783. The molecule has 0 radical (unpaired) electrons. The van der Waals surface area contributed by atoms with Crippen LogP contribution in [0.25, 0.3) is 0 Å². The highest BCUT2D eigenvalue weighted by Gasteiger charge is 2.18. The summed E-state index contributed by atoms with van der Waals surface area (Å²) >= 11 is 1.35. The Kier molecular flexibility index (Phi) is 5.35. The quantitative estimate of drug-likeness (QED) is 0.812. The molecule has 7 heteroatoms. The third-order valence-corrected chi connectivity index (χ3v) is 5.66. The number of hydrogen-bond donors (Lipinski definition) is 2. The molecule has 2 rings (SSSR count). The SMILES string of the molecule is COc1ccc(CCNS(=O)(=O)c2ccsc2CN)cc1. The van der Waals surface area contributed by atoms with Crippen LogP contribution in [0.5, 0.6) is 5.75 Å². The van der Waals surface area contributed by atoms with Gasteiger partial charge in [0.2, 0.25) is 10.0 Å². The summed E-state index contributed by atoms with van der Waals surface area (Å²) in [5, 5.41) is 1.74. The first-order valence-electron chi connectivity index (χ1n) is 6.46. The number of sulfonamides is 1.